The van der Waals surface area contributed by atoms with Gasteiger partial charge < -0.3 is 15.4 Å². The van der Waals surface area contributed by atoms with Gasteiger partial charge in [0.25, 0.3) is 5.97 Å². The number of aliphatic carboxylic acids is 1. The highest BCUT2D eigenvalue weighted by Crippen LogP contribution is 2.15. The van der Waals surface area contributed by atoms with Crippen LogP contribution in [0.2, 0.25) is 0 Å². The van der Waals surface area contributed by atoms with E-state index in [0.29, 0.717) is 23.3 Å². The van der Waals surface area contributed by atoms with Crippen LogP contribution < -0.4 is 5.73 Å². The predicted octanol–water partition coefficient (Wildman–Crippen LogP) is -0.499. The molecule has 0 spiro atoms. The Morgan fingerprint density at radius 1 is 1.47 bits per heavy atom. The first-order chi connectivity index (χ1) is 8.67. The Morgan fingerprint density at radius 3 is 2.37 bits per heavy atom. The van der Waals surface area contributed by atoms with Gasteiger partial charge in [0.05, 0.1) is 12.3 Å². The van der Waals surface area contributed by atoms with Crippen molar-refractivity contribution in [1.29, 1.82) is 0 Å². The van der Waals surface area contributed by atoms with Gasteiger partial charge in [-0.05, 0) is 0 Å². The van der Waals surface area contributed by atoms with Crippen LogP contribution >= 0.6 is 11.8 Å². The topological polar surface area (TPSA) is 128 Å². The third kappa shape index (κ3) is 8.56. The lowest BCUT2D eigenvalue weighted by atomic mass is 10.6. The van der Waals surface area contributed by atoms with E-state index in [1.165, 1.54) is 18.0 Å². The Labute approximate surface area is 116 Å². The Hall–Kier alpha value is -1.13. The van der Waals surface area contributed by atoms with E-state index in [1.807, 2.05) is 7.05 Å². The third-order valence-corrected chi connectivity index (χ3v) is 4.02. The van der Waals surface area contributed by atoms with Crippen LogP contribution in [0.15, 0.2) is 5.16 Å². The first-order valence-corrected chi connectivity index (χ1v) is 8.30. The number of thioether (sulfide) groups is 1. The number of hydrogen-bond donors (Lipinski definition) is 2. The molecule has 1 rings (SSSR count). The van der Waals surface area contributed by atoms with Gasteiger partial charge >= 0.3 is 0 Å². The van der Waals surface area contributed by atoms with Gasteiger partial charge in [0.2, 0.25) is 0 Å². The summed E-state index contributed by atoms with van der Waals surface area (Å²) in [5, 5.41) is 15.9. The number of nitrogens with zero attached hydrogens (tertiary/aromatic N) is 3. The molecule has 0 atom stereocenters. The third-order valence-electron chi connectivity index (χ3n) is 1.79. The van der Waals surface area contributed by atoms with Crippen molar-refractivity contribution in [3.63, 3.8) is 0 Å². The molecule has 0 unspecified atom stereocenters. The van der Waals surface area contributed by atoms with Gasteiger partial charge in [0, 0.05) is 26.0 Å². The quantitative estimate of drug-likeness (QED) is 0.697. The summed E-state index contributed by atoms with van der Waals surface area (Å²) in [6, 6.07) is 0. The van der Waals surface area contributed by atoms with Gasteiger partial charge in [-0.2, -0.15) is 0 Å². The van der Waals surface area contributed by atoms with Gasteiger partial charge in [-0.25, -0.2) is 8.42 Å². The zero-order chi connectivity index (χ0) is 15.1. The second kappa shape index (κ2) is 8.12. The SMILES string of the molecule is CC(=O)O.Cn1c(CN)nnc1SCCS(C)(=O)=O. The number of aromatic nitrogens is 3. The van der Waals surface area contributed by atoms with Gasteiger partial charge in [-0.3, -0.25) is 4.79 Å². The second-order valence-electron chi connectivity index (χ2n) is 3.66. The zero-order valence-corrected chi connectivity index (χ0v) is 12.7. The summed E-state index contributed by atoms with van der Waals surface area (Å²) in [4.78, 5) is 9.00. The molecule has 0 aliphatic rings. The van der Waals surface area contributed by atoms with Crippen molar-refractivity contribution >= 4 is 27.6 Å². The average Bonchev–Trinajstić information content (AvgIpc) is 2.57. The van der Waals surface area contributed by atoms with Crippen LogP contribution in [0.4, 0.5) is 0 Å². The molecule has 19 heavy (non-hydrogen) atoms. The van der Waals surface area contributed by atoms with Crippen LogP contribution in [0.25, 0.3) is 0 Å². The Morgan fingerprint density at radius 2 is 2.00 bits per heavy atom. The molecular weight excluding hydrogens is 292 g/mol. The van der Waals surface area contributed by atoms with E-state index in [1.54, 1.807) is 4.57 Å². The monoisotopic (exact) mass is 310 g/mol. The number of carboxylic acid groups (broad SMARTS) is 1. The average molecular weight is 310 g/mol. The van der Waals surface area contributed by atoms with Crippen LogP contribution in [0, 0.1) is 0 Å². The molecule has 1 aromatic rings. The molecule has 0 fully saturated rings. The van der Waals surface area contributed by atoms with Crippen molar-refractivity contribution < 1.29 is 18.3 Å². The summed E-state index contributed by atoms with van der Waals surface area (Å²) in [6.45, 7) is 1.41. The molecule has 0 amide bonds. The van der Waals surface area contributed by atoms with Crippen LogP contribution in [-0.4, -0.2) is 52.0 Å². The minimum absolute atomic E-state index is 0.141. The molecule has 110 valence electrons. The number of rotatable bonds is 5. The van der Waals surface area contributed by atoms with Crippen LogP contribution in [0.1, 0.15) is 12.7 Å². The number of nitrogens with two attached hydrogens (primary N) is 1. The summed E-state index contributed by atoms with van der Waals surface area (Å²) < 4.78 is 23.6. The van der Waals surface area contributed by atoms with E-state index in [2.05, 4.69) is 10.2 Å². The standard InChI is InChI=1S/C7H14N4O2S2.C2H4O2/c1-11-6(5-8)9-10-7(11)14-3-4-15(2,12)13;1-2(3)4/h3-5,8H2,1-2H3;1H3,(H,3,4). The van der Waals surface area contributed by atoms with E-state index < -0.39 is 15.8 Å². The summed E-state index contributed by atoms with van der Waals surface area (Å²) in [7, 11) is -1.10. The highest BCUT2D eigenvalue weighted by Gasteiger charge is 2.09. The number of carbonyl (C=O) groups is 1. The smallest absolute Gasteiger partial charge is 0.300 e. The molecule has 0 aliphatic carbocycles. The van der Waals surface area contributed by atoms with Gasteiger partial charge in [0.15, 0.2) is 5.16 Å². The lowest BCUT2D eigenvalue weighted by Crippen LogP contribution is -2.07. The Balaban J connectivity index is 0.000000711. The summed E-state index contributed by atoms with van der Waals surface area (Å²) in [5.41, 5.74) is 5.43. The second-order valence-corrected chi connectivity index (χ2v) is 6.98. The van der Waals surface area contributed by atoms with Crippen LogP contribution in [-0.2, 0) is 28.2 Å². The maximum Gasteiger partial charge on any atom is 0.300 e. The lowest BCUT2D eigenvalue weighted by molar-refractivity contribution is -0.134. The molecule has 1 heterocycles. The summed E-state index contributed by atoms with van der Waals surface area (Å²) >= 11 is 1.36. The largest absolute Gasteiger partial charge is 0.481 e. The maximum absolute atomic E-state index is 10.9. The fourth-order valence-corrected chi connectivity index (χ4v) is 3.06. The molecule has 0 aliphatic heterocycles. The highest BCUT2D eigenvalue weighted by atomic mass is 32.2. The molecule has 8 nitrogen and oxygen atoms in total. The van der Waals surface area contributed by atoms with E-state index in [4.69, 9.17) is 15.6 Å². The summed E-state index contributed by atoms with van der Waals surface area (Å²) in [5.74, 6) is 0.481. The maximum atomic E-state index is 10.9. The van der Waals surface area contributed by atoms with E-state index in [-0.39, 0.29) is 5.75 Å². The summed E-state index contributed by atoms with van der Waals surface area (Å²) in [6.07, 6.45) is 1.22. The normalized spacial score (nSPS) is 10.7. The fourth-order valence-electron chi connectivity index (χ4n) is 0.933. The van der Waals surface area contributed by atoms with Crippen molar-refractivity contribution in [2.24, 2.45) is 12.8 Å². The van der Waals surface area contributed by atoms with Crippen LogP contribution in [0.3, 0.4) is 0 Å². The van der Waals surface area contributed by atoms with E-state index in [9.17, 15) is 8.42 Å². The van der Waals surface area contributed by atoms with Crippen molar-refractivity contribution in [1.82, 2.24) is 14.8 Å². The minimum atomic E-state index is -2.91. The molecule has 0 radical (unpaired) electrons. The number of sulfone groups is 1. The molecule has 0 bridgehead atoms. The molecule has 0 saturated carbocycles. The number of carboxylic acids is 1. The first kappa shape index (κ1) is 17.9. The van der Waals surface area contributed by atoms with Crippen molar-refractivity contribution in [2.75, 3.05) is 17.8 Å². The molecule has 0 saturated heterocycles. The highest BCUT2D eigenvalue weighted by molar-refractivity contribution is 8.00. The molecular formula is C9H18N4O4S2. The molecule has 10 heteroatoms. The fraction of sp³-hybridized carbons (Fsp3) is 0.667. The van der Waals surface area contributed by atoms with E-state index >= 15 is 0 Å². The van der Waals surface area contributed by atoms with Crippen molar-refractivity contribution in [3.8, 4) is 0 Å². The van der Waals surface area contributed by atoms with Gasteiger partial charge in [-0.1, -0.05) is 11.8 Å². The minimum Gasteiger partial charge on any atom is -0.481 e. The van der Waals surface area contributed by atoms with Gasteiger partial charge in [0.1, 0.15) is 15.7 Å². The molecule has 3 N–H and O–H groups in total. The van der Waals surface area contributed by atoms with Gasteiger partial charge in [-0.15, -0.1) is 10.2 Å². The van der Waals surface area contributed by atoms with Crippen molar-refractivity contribution in [2.45, 2.75) is 18.6 Å². The van der Waals surface area contributed by atoms with Crippen molar-refractivity contribution in [3.05, 3.63) is 5.82 Å². The molecule has 1 aromatic heterocycles. The first-order valence-electron chi connectivity index (χ1n) is 5.25. The Kier molecular flexibility index (Phi) is 7.64. The van der Waals surface area contributed by atoms with Crippen LogP contribution in [0.5, 0.6) is 0 Å². The number of hydrogen-bond acceptors (Lipinski definition) is 7. The zero-order valence-electron chi connectivity index (χ0n) is 11.0. The molecule has 0 aromatic carbocycles. The predicted molar refractivity (Wildman–Crippen MR) is 72.6 cm³/mol. The Bertz CT molecular complexity index is 508. The van der Waals surface area contributed by atoms with E-state index in [0.717, 1.165) is 6.92 Å². The lowest BCUT2D eigenvalue weighted by Gasteiger charge is -2.01.